The summed E-state index contributed by atoms with van der Waals surface area (Å²) in [4.78, 5) is 25.9. The first-order valence-electron chi connectivity index (χ1n) is 13.0. The normalized spacial score (nSPS) is 27.8. The summed E-state index contributed by atoms with van der Waals surface area (Å²) in [6.07, 6.45) is 0.000306. The molecule has 2 aliphatic rings. The van der Waals surface area contributed by atoms with E-state index >= 15 is 0 Å². The van der Waals surface area contributed by atoms with Gasteiger partial charge in [0.25, 0.3) is 5.56 Å². The molecule has 10 nitrogen and oxygen atoms in total. The topological polar surface area (TPSA) is 115 Å². The van der Waals surface area contributed by atoms with Crippen LogP contribution >= 0.6 is 22.6 Å². The molecule has 1 aromatic rings. The maximum atomic E-state index is 13.4. The van der Waals surface area contributed by atoms with Crippen LogP contribution in [0.4, 0.5) is 0 Å². The van der Waals surface area contributed by atoms with Gasteiger partial charge in [-0.1, -0.05) is 41.5 Å². The Morgan fingerprint density at radius 1 is 1.05 bits per heavy atom. The first kappa shape index (κ1) is 32.9. The molecular formula is C25H43IN2O8SSi2. The molecule has 1 spiro atoms. The third-order valence-electron chi connectivity index (χ3n) is 8.73. The molecule has 3 rings (SSSR count). The van der Waals surface area contributed by atoms with E-state index in [4.69, 9.17) is 17.8 Å². The number of hydrogen-bond donors (Lipinski definition) is 0. The lowest BCUT2D eigenvalue weighted by Gasteiger charge is -2.43. The average molecular weight is 715 g/mol. The fraction of sp³-hybridized carbons (Fsp3) is 0.760. The number of nitrogens with zero attached hydrogens (tertiary/aromatic N) is 2. The zero-order valence-electron chi connectivity index (χ0n) is 25.0. The van der Waals surface area contributed by atoms with E-state index in [1.165, 1.54) is 17.8 Å². The van der Waals surface area contributed by atoms with Crippen molar-refractivity contribution in [2.45, 2.75) is 109 Å². The number of rotatable bonds is 6. The minimum absolute atomic E-state index is 0.0227. The molecule has 39 heavy (non-hydrogen) atoms. The number of aryl methyl sites for hydroxylation is 1. The van der Waals surface area contributed by atoms with Crippen LogP contribution in [0.1, 0.15) is 53.3 Å². The van der Waals surface area contributed by atoms with Crippen molar-refractivity contribution in [1.29, 1.82) is 0 Å². The van der Waals surface area contributed by atoms with E-state index in [2.05, 4.69) is 54.6 Å². The molecule has 4 atom stereocenters. The van der Waals surface area contributed by atoms with Gasteiger partial charge < -0.3 is 13.6 Å². The molecule has 0 aromatic carbocycles. The van der Waals surface area contributed by atoms with Crippen LogP contribution in [0.2, 0.25) is 36.3 Å². The second-order valence-electron chi connectivity index (χ2n) is 13.6. The molecule has 14 heteroatoms. The van der Waals surface area contributed by atoms with Crippen LogP contribution < -0.4 is 11.2 Å². The summed E-state index contributed by atoms with van der Waals surface area (Å²) >= 11 is 1.75. The van der Waals surface area contributed by atoms with Crippen LogP contribution in [0.25, 0.3) is 0 Å². The summed E-state index contributed by atoms with van der Waals surface area (Å²) < 4.78 is 54.3. The van der Waals surface area contributed by atoms with Gasteiger partial charge in [-0.15, -0.1) is 0 Å². The van der Waals surface area contributed by atoms with Gasteiger partial charge >= 0.3 is 15.8 Å². The quantitative estimate of drug-likeness (QED) is 0.240. The Balaban J connectivity index is 2.26. The third-order valence-corrected chi connectivity index (χ3v) is 20.7. The second kappa shape index (κ2) is 10.3. The molecule has 0 aliphatic carbocycles. The summed E-state index contributed by atoms with van der Waals surface area (Å²) in [6.45, 7) is 22.5. The zero-order chi connectivity index (χ0) is 30.1. The van der Waals surface area contributed by atoms with Crippen molar-refractivity contribution >= 4 is 49.3 Å². The van der Waals surface area contributed by atoms with Crippen molar-refractivity contribution in [1.82, 2.24) is 9.13 Å². The van der Waals surface area contributed by atoms with Crippen molar-refractivity contribution in [3.63, 3.8) is 0 Å². The monoisotopic (exact) mass is 714 g/mol. The first-order valence-corrected chi connectivity index (χ1v) is 21.3. The predicted octanol–water partition coefficient (Wildman–Crippen LogP) is 4.54. The van der Waals surface area contributed by atoms with Gasteiger partial charge in [0.1, 0.15) is 15.1 Å². The van der Waals surface area contributed by atoms with E-state index in [0.717, 1.165) is 4.57 Å². The molecule has 1 aromatic heterocycles. The zero-order valence-corrected chi connectivity index (χ0v) is 30.0. The van der Waals surface area contributed by atoms with Gasteiger partial charge in [-0.25, -0.2) is 8.98 Å². The van der Waals surface area contributed by atoms with Gasteiger partial charge in [-0.2, -0.15) is 8.42 Å². The Kier molecular flexibility index (Phi) is 8.66. The summed E-state index contributed by atoms with van der Waals surface area (Å²) in [5.41, 5.74) is -2.25. The molecule has 1 fully saturated rings. The molecule has 0 N–H and O–H groups in total. The van der Waals surface area contributed by atoms with Gasteiger partial charge in [0, 0.05) is 18.8 Å². The standard InChI is InChI=1S/C25H43IN2O8SSi2/c1-16-14-28(22(30)27(8)20(16)29)21-19(35-39(11,12)24(5,6)7)25(13-18(26)37(31,32)36-25)17(34-21)15-33-38(9,10)23(2,3)4/h13-14,17,19,21H,15H2,1-12H3/t17-,19+,21-,25-/m1/s1. The molecule has 0 unspecified atom stereocenters. The van der Waals surface area contributed by atoms with Gasteiger partial charge in [0.05, 0.1) is 6.61 Å². The summed E-state index contributed by atoms with van der Waals surface area (Å²) in [7, 11) is -7.54. The van der Waals surface area contributed by atoms with Crippen LogP contribution in [0.3, 0.4) is 0 Å². The van der Waals surface area contributed by atoms with Crippen LogP contribution in [-0.2, 0) is 34.9 Å². The number of hydrogen-bond acceptors (Lipinski definition) is 8. The lowest BCUT2D eigenvalue weighted by molar-refractivity contribution is -0.0551. The second-order valence-corrected chi connectivity index (χ2v) is 26.6. The molecular weight excluding hydrogens is 671 g/mol. The fourth-order valence-corrected chi connectivity index (χ4v) is 8.17. The van der Waals surface area contributed by atoms with E-state index < -0.39 is 62.0 Å². The van der Waals surface area contributed by atoms with Crippen molar-refractivity contribution in [2.75, 3.05) is 6.61 Å². The van der Waals surface area contributed by atoms with E-state index in [9.17, 15) is 18.0 Å². The molecule has 3 heterocycles. The van der Waals surface area contributed by atoms with Crippen molar-refractivity contribution < 1.29 is 26.2 Å². The summed E-state index contributed by atoms with van der Waals surface area (Å²) in [5, 5.41) is -0.346. The smallest absolute Gasteiger partial charge is 0.332 e. The third kappa shape index (κ3) is 5.85. The molecule has 1 saturated heterocycles. The van der Waals surface area contributed by atoms with E-state index in [-0.39, 0.29) is 19.6 Å². The van der Waals surface area contributed by atoms with Gasteiger partial charge in [-0.3, -0.25) is 13.9 Å². The predicted molar refractivity (Wildman–Crippen MR) is 165 cm³/mol. The molecule has 0 radical (unpaired) electrons. The highest BCUT2D eigenvalue weighted by Crippen LogP contribution is 2.52. The molecule has 0 bridgehead atoms. The minimum Gasteiger partial charge on any atom is -0.414 e. The average Bonchev–Trinajstić information content (AvgIpc) is 3.17. The van der Waals surface area contributed by atoms with Crippen molar-refractivity contribution in [3.8, 4) is 0 Å². The number of aromatic nitrogens is 2. The van der Waals surface area contributed by atoms with Crippen LogP contribution in [-0.4, -0.2) is 58.6 Å². The summed E-state index contributed by atoms with van der Waals surface area (Å²) in [6, 6.07) is 0. The lowest BCUT2D eigenvalue weighted by Crippen LogP contribution is -2.56. The van der Waals surface area contributed by atoms with Crippen LogP contribution in [0.15, 0.2) is 24.8 Å². The van der Waals surface area contributed by atoms with Crippen LogP contribution in [0, 0.1) is 6.92 Å². The maximum Gasteiger partial charge on any atom is 0.332 e. The molecule has 0 saturated carbocycles. The Bertz CT molecular complexity index is 1390. The fourth-order valence-electron chi connectivity index (χ4n) is 4.08. The highest BCUT2D eigenvalue weighted by atomic mass is 127. The van der Waals surface area contributed by atoms with E-state index in [1.807, 2.05) is 13.1 Å². The highest BCUT2D eigenvalue weighted by Gasteiger charge is 2.65. The van der Waals surface area contributed by atoms with Gasteiger partial charge in [0.2, 0.25) is 0 Å². The number of halogens is 1. The van der Waals surface area contributed by atoms with Gasteiger partial charge in [-0.05, 0) is 71.9 Å². The summed E-state index contributed by atoms with van der Waals surface area (Å²) in [5.74, 6) is 0. The Morgan fingerprint density at radius 3 is 2.05 bits per heavy atom. The minimum atomic E-state index is -4.08. The van der Waals surface area contributed by atoms with Gasteiger partial charge in [0.15, 0.2) is 28.5 Å². The maximum absolute atomic E-state index is 13.4. The molecule has 222 valence electrons. The molecule has 2 aliphatic heterocycles. The Morgan fingerprint density at radius 2 is 1.59 bits per heavy atom. The number of ether oxygens (including phenoxy) is 1. The molecule has 0 amide bonds. The first-order chi connectivity index (χ1) is 17.4. The Labute approximate surface area is 247 Å². The van der Waals surface area contributed by atoms with E-state index in [1.54, 1.807) is 35.6 Å². The largest absolute Gasteiger partial charge is 0.414 e. The van der Waals surface area contributed by atoms with Crippen molar-refractivity contribution in [3.05, 3.63) is 41.6 Å². The van der Waals surface area contributed by atoms with Crippen LogP contribution in [0.5, 0.6) is 0 Å². The lowest BCUT2D eigenvalue weighted by atomic mass is 9.92. The van der Waals surface area contributed by atoms with Crippen molar-refractivity contribution in [2.24, 2.45) is 7.05 Å². The highest BCUT2D eigenvalue weighted by molar-refractivity contribution is 14.1. The Hall–Kier alpha value is -0.626. The SMILES string of the molecule is Cc1cn([C@@H]2O[C@H](CO[Si](C)(C)C(C)(C)C)[C@]3(C=C(I)S(=O)(=O)O3)[C@H]2O[Si](C)(C)C(C)(C)C)c(=O)n(C)c1=O. The van der Waals surface area contributed by atoms with E-state index in [0.29, 0.717) is 5.56 Å².